The number of hydrazine groups is 1. The maximum Gasteiger partial charge on any atom is 0.240 e. The number of benzene rings is 1. The van der Waals surface area contributed by atoms with Crippen LogP contribution in [0.4, 0.5) is 5.13 Å². The molecule has 0 unspecified atom stereocenters. The van der Waals surface area contributed by atoms with Gasteiger partial charge >= 0.3 is 0 Å². The van der Waals surface area contributed by atoms with Gasteiger partial charge in [0.15, 0.2) is 5.13 Å². The molecule has 0 bridgehead atoms. The van der Waals surface area contributed by atoms with Crippen molar-refractivity contribution in [2.75, 3.05) is 25.0 Å². The van der Waals surface area contributed by atoms with E-state index >= 15 is 0 Å². The van der Waals surface area contributed by atoms with Crippen molar-refractivity contribution >= 4 is 32.6 Å². The van der Waals surface area contributed by atoms with Crippen LogP contribution in [0.15, 0.2) is 24.3 Å². The Hall–Kier alpha value is -1.54. The third-order valence-electron chi connectivity index (χ3n) is 3.73. The molecule has 0 radical (unpaired) electrons. The van der Waals surface area contributed by atoms with Gasteiger partial charge in [0.2, 0.25) is 5.91 Å². The molecule has 0 atom stereocenters. The van der Waals surface area contributed by atoms with E-state index in [0.29, 0.717) is 17.7 Å². The second-order valence-corrected chi connectivity index (χ2v) is 6.28. The highest BCUT2D eigenvalue weighted by molar-refractivity contribution is 7.22. The molecule has 1 aromatic heterocycles. The van der Waals surface area contributed by atoms with Gasteiger partial charge in [0.05, 0.1) is 16.8 Å². The zero-order valence-corrected chi connectivity index (χ0v) is 12.5. The molecule has 2 heterocycles. The van der Waals surface area contributed by atoms with Crippen LogP contribution in [0, 0.1) is 0 Å². The monoisotopic (exact) mass is 305 g/mol. The number of aromatic nitrogens is 1. The van der Waals surface area contributed by atoms with Crippen molar-refractivity contribution in [3.8, 4) is 0 Å². The summed E-state index contributed by atoms with van der Waals surface area (Å²) in [4.78, 5) is 18.6. The highest BCUT2D eigenvalue weighted by atomic mass is 32.1. The number of carbonyl (C=O) groups is 1. The number of amides is 1. The average molecular weight is 305 g/mol. The molecule has 1 aliphatic rings. The van der Waals surface area contributed by atoms with Gasteiger partial charge in [-0.15, -0.1) is 0 Å². The number of hydrogen-bond donors (Lipinski definition) is 3. The molecule has 1 aromatic carbocycles. The average Bonchev–Trinajstić information content (AvgIpc) is 2.90. The van der Waals surface area contributed by atoms with E-state index in [1.807, 2.05) is 24.3 Å². The Morgan fingerprint density at radius 3 is 2.86 bits per heavy atom. The summed E-state index contributed by atoms with van der Waals surface area (Å²) in [5, 5.41) is 3.56. The van der Waals surface area contributed by atoms with Crippen LogP contribution in [0.1, 0.15) is 12.8 Å². The standard InChI is InChI=1S/C14H19N5OS/c15-18-10-5-7-19(8-6-10)9-13(20)17-14-16-11-3-1-2-4-12(11)21-14/h1-4,10,18H,5-9,15H2,(H,16,17,20). The number of anilines is 1. The number of carbonyl (C=O) groups excluding carboxylic acids is 1. The number of para-hydroxylation sites is 1. The van der Waals surface area contributed by atoms with Gasteiger partial charge in [0, 0.05) is 19.1 Å². The lowest BCUT2D eigenvalue weighted by molar-refractivity contribution is -0.117. The molecule has 1 saturated heterocycles. The topological polar surface area (TPSA) is 83.3 Å². The molecular weight excluding hydrogens is 286 g/mol. The van der Waals surface area contributed by atoms with Gasteiger partial charge in [0.1, 0.15) is 0 Å². The lowest BCUT2D eigenvalue weighted by atomic mass is 10.1. The zero-order chi connectivity index (χ0) is 14.7. The van der Waals surface area contributed by atoms with Crippen molar-refractivity contribution in [2.24, 2.45) is 5.84 Å². The lowest BCUT2D eigenvalue weighted by Crippen LogP contribution is -2.46. The fourth-order valence-electron chi connectivity index (χ4n) is 2.55. The number of rotatable bonds is 4. The quantitative estimate of drug-likeness (QED) is 0.583. The third kappa shape index (κ3) is 3.56. The van der Waals surface area contributed by atoms with Crippen molar-refractivity contribution in [2.45, 2.75) is 18.9 Å². The summed E-state index contributed by atoms with van der Waals surface area (Å²) in [6.07, 6.45) is 1.95. The highest BCUT2D eigenvalue weighted by Gasteiger charge is 2.20. The maximum atomic E-state index is 12.1. The molecule has 3 rings (SSSR count). The molecule has 0 spiro atoms. The summed E-state index contributed by atoms with van der Waals surface area (Å²) in [7, 11) is 0. The Morgan fingerprint density at radius 2 is 2.14 bits per heavy atom. The van der Waals surface area contributed by atoms with E-state index in [2.05, 4.69) is 20.6 Å². The fourth-order valence-corrected chi connectivity index (χ4v) is 3.43. The number of nitrogens with two attached hydrogens (primary N) is 1. The lowest BCUT2D eigenvalue weighted by Gasteiger charge is -2.30. The first kappa shape index (κ1) is 14.4. The van der Waals surface area contributed by atoms with Gasteiger partial charge in [-0.25, -0.2) is 4.98 Å². The number of hydrogen-bond acceptors (Lipinski definition) is 6. The summed E-state index contributed by atoms with van der Waals surface area (Å²) in [5.41, 5.74) is 3.72. The van der Waals surface area contributed by atoms with Crippen molar-refractivity contribution < 1.29 is 4.79 Å². The maximum absolute atomic E-state index is 12.1. The Balaban J connectivity index is 1.54. The number of thiazole rings is 1. The largest absolute Gasteiger partial charge is 0.301 e. The molecule has 112 valence electrons. The summed E-state index contributed by atoms with van der Waals surface area (Å²) in [6, 6.07) is 8.25. The number of likely N-dealkylation sites (tertiary alicyclic amines) is 1. The van der Waals surface area contributed by atoms with Crippen LogP contribution in [0.5, 0.6) is 0 Å². The zero-order valence-electron chi connectivity index (χ0n) is 11.7. The van der Waals surface area contributed by atoms with Gasteiger partial charge in [0.25, 0.3) is 0 Å². The number of fused-ring (bicyclic) bond motifs is 1. The van der Waals surface area contributed by atoms with Crippen LogP contribution in [0.2, 0.25) is 0 Å². The van der Waals surface area contributed by atoms with E-state index in [4.69, 9.17) is 5.84 Å². The summed E-state index contributed by atoms with van der Waals surface area (Å²) < 4.78 is 1.09. The van der Waals surface area contributed by atoms with Crippen LogP contribution in [0.25, 0.3) is 10.2 Å². The Labute approximate surface area is 127 Å². The Kier molecular flexibility index (Phi) is 4.45. The van der Waals surface area contributed by atoms with E-state index in [1.165, 1.54) is 11.3 Å². The molecule has 21 heavy (non-hydrogen) atoms. The Bertz CT molecular complexity index is 588. The van der Waals surface area contributed by atoms with Crippen molar-refractivity contribution in [1.29, 1.82) is 0 Å². The van der Waals surface area contributed by atoms with Crippen LogP contribution < -0.4 is 16.6 Å². The third-order valence-corrected chi connectivity index (χ3v) is 4.68. The summed E-state index contributed by atoms with van der Waals surface area (Å²) in [5.74, 6) is 5.43. The first-order chi connectivity index (χ1) is 10.2. The van der Waals surface area contributed by atoms with E-state index < -0.39 is 0 Å². The molecule has 7 heteroatoms. The first-order valence-electron chi connectivity index (χ1n) is 7.08. The van der Waals surface area contributed by atoms with E-state index in [-0.39, 0.29) is 5.91 Å². The smallest absolute Gasteiger partial charge is 0.240 e. The molecule has 1 aliphatic heterocycles. The molecule has 2 aromatic rings. The summed E-state index contributed by atoms with van der Waals surface area (Å²) >= 11 is 1.50. The van der Waals surface area contributed by atoms with E-state index in [0.717, 1.165) is 36.1 Å². The first-order valence-corrected chi connectivity index (χ1v) is 7.90. The molecule has 0 saturated carbocycles. The van der Waals surface area contributed by atoms with Crippen LogP contribution in [-0.4, -0.2) is 41.5 Å². The molecule has 1 amide bonds. The normalized spacial score (nSPS) is 17.2. The second-order valence-electron chi connectivity index (χ2n) is 5.25. The number of nitrogens with zero attached hydrogens (tertiary/aromatic N) is 2. The van der Waals surface area contributed by atoms with Crippen LogP contribution in [-0.2, 0) is 4.79 Å². The van der Waals surface area contributed by atoms with Gasteiger partial charge < -0.3 is 5.32 Å². The molecule has 0 aliphatic carbocycles. The molecule has 1 fully saturated rings. The van der Waals surface area contributed by atoms with Gasteiger partial charge in [-0.2, -0.15) is 0 Å². The molecular formula is C14H19N5OS. The minimum absolute atomic E-state index is 0.00628. The van der Waals surface area contributed by atoms with Gasteiger partial charge in [-0.3, -0.25) is 21.0 Å². The fraction of sp³-hybridized carbons (Fsp3) is 0.429. The number of piperidine rings is 1. The molecule has 4 N–H and O–H groups in total. The minimum Gasteiger partial charge on any atom is -0.301 e. The summed E-state index contributed by atoms with van der Waals surface area (Å²) in [6.45, 7) is 2.19. The van der Waals surface area contributed by atoms with E-state index in [9.17, 15) is 4.79 Å². The molecule has 6 nitrogen and oxygen atoms in total. The minimum atomic E-state index is -0.00628. The van der Waals surface area contributed by atoms with Crippen LogP contribution in [0.3, 0.4) is 0 Å². The number of nitrogens with one attached hydrogen (secondary N) is 2. The second kappa shape index (κ2) is 6.48. The Morgan fingerprint density at radius 1 is 1.38 bits per heavy atom. The van der Waals surface area contributed by atoms with Crippen molar-refractivity contribution in [1.82, 2.24) is 15.3 Å². The van der Waals surface area contributed by atoms with Crippen LogP contribution >= 0.6 is 11.3 Å². The van der Waals surface area contributed by atoms with Crippen molar-refractivity contribution in [3.63, 3.8) is 0 Å². The predicted octanol–water partition coefficient (Wildman–Crippen LogP) is 1.16. The van der Waals surface area contributed by atoms with Gasteiger partial charge in [-0.05, 0) is 25.0 Å². The van der Waals surface area contributed by atoms with Gasteiger partial charge in [-0.1, -0.05) is 23.5 Å². The highest BCUT2D eigenvalue weighted by Crippen LogP contribution is 2.25. The predicted molar refractivity (Wildman–Crippen MR) is 85.0 cm³/mol. The van der Waals surface area contributed by atoms with Crippen molar-refractivity contribution in [3.05, 3.63) is 24.3 Å². The van der Waals surface area contributed by atoms with E-state index in [1.54, 1.807) is 0 Å². The SMILES string of the molecule is NNC1CCN(CC(=O)Nc2nc3ccccc3s2)CC1.